The van der Waals surface area contributed by atoms with Crippen molar-refractivity contribution >= 4 is 17.5 Å². The zero-order chi connectivity index (χ0) is 24.6. The van der Waals surface area contributed by atoms with E-state index in [1.807, 2.05) is 11.8 Å². The summed E-state index contributed by atoms with van der Waals surface area (Å²) in [5.74, 6) is -1.03. The van der Waals surface area contributed by atoms with E-state index in [4.69, 9.17) is 0 Å². The van der Waals surface area contributed by atoms with Gasteiger partial charge in [-0.15, -0.1) is 0 Å². The van der Waals surface area contributed by atoms with E-state index in [0.717, 1.165) is 29.7 Å². The van der Waals surface area contributed by atoms with Crippen molar-refractivity contribution in [1.29, 1.82) is 0 Å². The molecule has 4 atom stereocenters. The highest BCUT2D eigenvalue weighted by Crippen LogP contribution is 2.33. The number of benzene rings is 1. The fraction of sp³-hybridized carbons (Fsp3) is 0.667. The molecule has 188 valence electrons. The van der Waals surface area contributed by atoms with E-state index in [9.17, 15) is 27.2 Å². The molecule has 1 saturated heterocycles. The minimum Gasteiger partial charge on any atom is -0.373 e. The van der Waals surface area contributed by atoms with E-state index in [0.29, 0.717) is 24.2 Å². The Bertz CT molecular complexity index is 907. The molecule has 2 aliphatic heterocycles. The lowest BCUT2D eigenvalue weighted by Crippen LogP contribution is -2.63. The Morgan fingerprint density at radius 2 is 1.97 bits per heavy atom. The van der Waals surface area contributed by atoms with Crippen LogP contribution in [0.3, 0.4) is 0 Å². The minimum atomic E-state index is -4.48. The van der Waals surface area contributed by atoms with Crippen molar-refractivity contribution in [2.75, 3.05) is 25.0 Å². The molecule has 2 amide bonds. The monoisotopic (exact) mass is 484 g/mol. The minimum absolute atomic E-state index is 0.0482. The molecule has 2 fully saturated rings. The van der Waals surface area contributed by atoms with Crippen molar-refractivity contribution in [2.24, 2.45) is 0 Å². The molecule has 0 radical (unpaired) electrons. The van der Waals surface area contributed by atoms with E-state index in [1.165, 1.54) is 6.07 Å². The first-order chi connectivity index (χ1) is 16.1. The Morgan fingerprint density at radius 3 is 2.65 bits per heavy atom. The summed E-state index contributed by atoms with van der Waals surface area (Å²) in [5, 5.41) is 6.17. The normalized spacial score (nSPS) is 27.8. The summed E-state index contributed by atoms with van der Waals surface area (Å²) in [4.78, 5) is 27.8. The quantitative estimate of drug-likeness (QED) is 0.644. The molecule has 4 rings (SSSR count). The number of hydrogen-bond acceptors (Lipinski definition) is 4. The van der Waals surface area contributed by atoms with E-state index >= 15 is 0 Å². The van der Waals surface area contributed by atoms with Crippen LogP contribution in [0.1, 0.15) is 50.2 Å². The van der Waals surface area contributed by atoms with Crippen LogP contribution in [-0.4, -0.2) is 71.6 Å². The lowest BCUT2D eigenvalue weighted by molar-refractivity contribution is -0.203. The fourth-order valence-electron chi connectivity index (χ4n) is 5.57. The number of nitrogens with zero attached hydrogens (tertiary/aromatic N) is 2. The molecule has 2 unspecified atom stereocenters. The maximum absolute atomic E-state index is 14.2. The van der Waals surface area contributed by atoms with E-state index in [1.54, 1.807) is 13.0 Å². The van der Waals surface area contributed by atoms with Crippen molar-refractivity contribution in [3.8, 4) is 0 Å². The standard InChI is InChI=1S/C24H32F4N4O2/c1-3-21(33)32-10-9-31(13-20(32)24(26,27)28)16-6-4-5-15(11-16)29-23(34)19-12-17-18(25)8-7-14(2)22(17)30-19/h7-8,15-16,19-20,30H,3-6,9-13H2,1-2H3,(H,29,34)/t15-,16?,19?,20-/m1/s1. The maximum atomic E-state index is 14.2. The van der Waals surface area contributed by atoms with Gasteiger partial charge in [-0.05, 0) is 44.2 Å². The number of amides is 2. The molecule has 0 aromatic heterocycles. The average Bonchev–Trinajstić information content (AvgIpc) is 3.27. The van der Waals surface area contributed by atoms with Crippen LogP contribution in [0, 0.1) is 12.7 Å². The highest BCUT2D eigenvalue weighted by atomic mass is 19.4. The number of halogens is 4. The van der Waals surface area contributed by atoms with E-state index < -0.39 is 24.2 Å². The third kappa shape index (κ3) is 5.01. The number of carbonyl (C=O) groups excluding carboxylic acids is 2. The number of anilines is 1. The summed E-state index contributed by atoms with van der Waals surface area (Å²) >= 11 is 0. The number of alkyl halides is 3. The maximum Gasteiger partial charge on any atom is 0.410 e. The van der Waals surface area contributed by atoms with Crippen LogP contribution in [0.4, 0.5) is 23.2 Å². The molecule has 3 aliphatic rings. The Balaban J connectivity index is 1.36. The first kappa shape index (κ1) is 24.8. The average molecular weight is 485 g/mol. The van der Waals surface area contributed by atoms with E-state index in [2.05, 4.69) is 10.6 Å². The Kier molecular flexibility index (Phi) is 7.07. The molecule has 34 heavy (non-hydrogen) atoms. The van der Waals surface area contributed by atoms with Gasteiger partial charge in [-0.3, -0.25) is 14.5 Å². The zero-order valence-corrected chi connectivity index (χ0v) is 19.6. The van der Waals surface area contributed by atoms with Crippen LogP contribution >= 0.6 is 0 Å². The van der Waals surface area contributed by atoms with Gasteiger partial charge in [0.15, 0.2) is 0 Å². The second kappa shape index (κ2) is 9.71. The number of nitrogens with one attached hydrogen (secondary N) is 2. The van der Waals surface area contributed by atoms with Gasteiger partial charge in [-0.2, -0.15) is 13.2 Å². The van der Waals surface area contributed by atoms with Gasteiger partial charge in [0.05, 0.1) is 0 Å². The van der Waals surface area contributed by atoms with Gasteiger partial charge in [0, 0.05) is 55.8 Å². The molecule has 0 spiro atoms. The Labute approximate surface area is 197 Å². The Morgan fingerprint density at radius 1 is 1.21 bits per heavy atom. The summed E-state index contributed by atoms with van der Waals surface area (Å²) in [6.07, 6.45) is -1.29. The van der Waals surface area contributed by atoms with Crippen molar-refractivity contribution in [3.63, 3.8) is 0 Å². The first-order valence-electron chi connectivity index (χ1n) is 12.0. The number of carbonyl (C=O) groups is 2. The van der Waals surface area contributed by atoms with Crippen molar-refractivity contribution in [2.45, 2.75) is 82.7 Å². The van der Waals surface area contributed by atoms with Crippen LogP contribution in [0.5, 0.6) is 0 Å². The van der Waals surface area contributed by atoms with Crippen molar-refractivity contribution in [1.82, 2.24) is 15.1 Å². The summed E-state index contributed by atoms with van der Waals surface area (Å²) in [7, 11) is 0. The Hall–Kier alpha value is -2.36. The van der Waals surface area contributed by atoms with Crippen LogP contribution in [0.15, 0.2) is 12.1 Å². The lowest BCUT2D eigenvalue weighted by atomic mass is 9.88. The topological polar surface area (TPSA) is 64.7 Å². The predicted molar refractivity (Wildman–Crippen MR) is 120 cm³/mol. The second-order valence-corrected chi connectivity index (χ2v) is 9.64. The number of rotatable bonds is 4. The summed E-state index contributed by atoms with van der Waals surface area (Å²) in [6.45, 7) is 3.64. The SMILES string of the molecule is CCC(=O)N1CCN(C2CCC[C@@H](NC(=O)C3Cc4c(F)ccc(C)c4N3)C2)C[C@@H]1C(F)(F)F. The number of aryl methyl sites for hydroxylation is 1. The van der Waals surface area contributed by atoms with Gasteiger partial charge in [-0.1, -0.05) is 13.0 Å². The van der Waals surface area contributed by atoms with Gasteiger partial charge >= 0.3 is 6.18 Å². The number of fused-ring (bicyclic) bond motifs is 1. The van der Waals surface area contributed by atoms with Gasteiger partial charge < -0.3 is 15.5 Å². The highest BCUT2D eigenvalue weighted by molar-refractivity contribution is 5.88. The molecular weight excluding hydrogens is 452 g/mol. The molecule has 1 saturated carbocycles. The smallest absolute Gasteiger partial charge is 0.373 e. The predicted octanol–water partition coefficient (Wildman–Crippen LogP) is 3.38. The molecule has 1 aromatic carbocycles. The molecule has 1 aromatic rings. The summed E-state index contributed by atoms with van der Waals surface area (Å²) < 4.78 is 55.3. The first-order valence-corrected chi connectivity index (χ1v) is 12.0. The zero-order valence-electron chi connectivity index (χ0n) is 19.6. The van der Waals surface area contributed by atoms with Gasteiger partial charge in [0.2, 0.25) is 11.8 Å². The molecule has 2 N–H and O–H groups in total. The van der Waals surface area contributed by atoms with Crippen LogP contribution in [-0.2, 0) is 16.0 Å². The summed E-state index contributed by atoms with van der Waals surface area (Å²) in [5.41, 5.74) is 2.06. The lowest BCUT2D eigenvalue weighted by Gasteiger charge is -2.46. The van der Waals surface area contributed by atoms with Crippen LogP contribution in [0.2, 0.25) is 0 Å². The molecule has 10 heteroatoms. The molecule has 0 bridgehead atoms. The molecule has 2 heterocycles. The van der Waals surface area contributed by atoms with Crippen LogP contribution in [0.25, 0.3) is 0 Å². The van der Waals surface area contributed by atoms with Gasteiger partial charge in [-0.25, -0.2) is 4.39 Å². The molecule has 1 aliphatic carbocycles. The third-order valence-corrected chi connectivity index (χ3v) is 7.43. The number of piperazine rings is 1. The van der Waals surface area contributed by atoms with Crippen molar-refractivity contribution in [3.05, 3.63) is 29.1 Å². The van der Waals surface area contributed by atoms with E-state index in [-0.39, 0.29) is 49.7 Å². The largest absolute Gasteiger partial charge is 0.410 e. The van der Waals surface area contributed by atoms with Crippen LogP contribution < -0.4 is 10.6 Å². The molecular formula is C24H32F4N4O2. The fourth-order valence-corrected chi connectivity index (χ4v) is 5.57. The molecule has 6 nitrogen and oxygen atoms in total. The second-order valence-electron chi connectivity index (χ2n) is 9.64. The van der Waals surface area contributed by atoms with Crippen molar-refractivity contribution < 1.29 is 27.2 Å². The third-order valence-electron chi connectivity index (χ3n) is 7.43. The van der Waals surface area contributed by atoms with Gasteiger partial charge in [0.1, 0.15) is 17.9 Å². The highest BCUT2D eigenvalue weighted by Gasteiger charge is 2.49. The van der Waals surface area contributed by atoms with Gasteiger partial charge in [0.25, 0.3) is 0 Å². The summed E-state index contributed by atoms with van der Waals surface area (Å²) in [6, 6.07) is 0.477. The number of hydrogen-bond donors (Lipinski definition) is 2.